The predicted molar refractivity (Wildman–Crippen MR) is 140 cm³/mol. The maximum absolute atomic E-state index is 11.2. The van der Waals surface area contributed by atoms with Crippen LogP contribution in [-0.4, -0.2) is 56.7 Å². The maximum atomic E-state index is 11.2. The Labute approximate surface area is 228 Å². The molecule has 3 aromatic rings. The molecule has 0 spiro atoms. The van der Waals surface area contributed by atoms with Crippen LogP contribution in [0.2, 0.25) is 5.02 Å². The van der Waals surface area contributed by atoms with Crippen molar-refractivity contribution in [2.24, 2.45) is 5.92 Å². The maximum Gasteiger partial charge on any atom is 0.324 e. The second-order valence-electron chi connectivity index (χ2n) is 9.71. The van der Waals surface area contributed by atoms with E-state index in [1.54, 1.807) is 6.07 Å². The molecule has 0 saturated carbocycles. The van der Waals surface area contributed by atoms with Crippen LogP contribution in [0.1, 0.15) is 49.6 Å². The van der Waals surface area contributed by atoms with Crippen molar-refractivity contribution in [1.29, 1.82) is 0 Å². The van der Waals surface area contributed by atoms with Gasteiger partial charge in [-0.15, -0.1) is 0 Å². The minimum absolute atomic E-state index is 0.00626. The van der Waals surface area contributed by atoms with Crippen LogP contribution in [0.15, 0.2) is 29.0 Å². The lowest BCUT2D eigenvalue weighted by Crippen LogP contribution is -2.38. The highest BCUT2D eigenvalue weighted by Gasteiger charge is 2.26. The Bertz CT molecular complexity index is 1270. The first-order valence-corrected chi connectivity index (χ1v) is 13.9. The third-order valence-corrected chi connectivity index (χ3v) is 7.41. The van der Waals surface area contributed by atoms with Crippen LogP contribution in [0.25, 0.3) is 0 Å². The summed E-state index contributed by atoms with van der Waals surface area (Å²) in [5.41, 5.74) is 1.70. The molecule has 0 atom stereocenters. The summed E-state index contributed by atoms with van der Waals surface area (Å²) in [6.07, 6.45) is 3.69. The largest absolute Gasteiger partial charge is 0.474 e. The minimum Gasteiger partial charge on any atom is -0.474 e. The van der Waals surface area contributed by atoms with E-state index in [1.807, 2.05) is 32.9 Å². The quantitative estimate of drug-likeness (QED) is 0.383. The second-order valence-corrected chi connectivity index (χ2v) is 11.0. The van der Waals surface area contributed by atoms with E-state index in [4.69, 9.17) is 34.0 Å². The van der Waals surface area contributed by atoms with Gasteiger partial charge in [0, 0.05) is 37.8 Å². The highest BCUT2D eigenvalue weighted by molar-refractivity contribution is 7.75. The predicted octanol–water partition coefficient (Wildman–Crippen LogP) is 4.57. The minimum atomic E-state index is -1.65. The fraction of sp³-hybridized carbons (Fsp3) is 0.520. The Kier molecular flexibility index (Phi) is 8.42. The van der Waals surface area contributed by atoms with E-state index < -0.39 is 11.4 Å². The zero-order chi connectivity index (χ0) is 26.6. The molecule has 204 valence electrons. The smallest absolute Gasteiger partial charge is 0.324 e. The Morgan fingerprint density at radius 1 is 1.16 bits per heavy atom. The fourth-order valence-corrected chi connectivity index (χ4v) is 5.16. The number of nitrogens with zero attached hydrogens (tertiary/aromatic N) is 5. The molecule has 2 aromatic heterocycles. The number of piperidine rings is 1. The molecule has 11 nitrogen and oxygen atoms in total. The molecule has 2 aliphatic heterocycles. The van der Waals surface area contributed by atoms with Gasteiger partial charge in [0.1, 0.15) is 18.2 Å². The van der Waals surface area contributed by atoms with Gasteiger partial charge in [0.15, 0.2) is 5.82 Å². The standard InChI is InChI=1S/C25H30ClN5O6S/c1-15(2)22-29-25(37-30-22)31-8-6-19(7-9-31)35-23-16(3)24(28-14-27-23)36-21-5-4-17(11-20(21)26)10-18-12-33-38(32)34-13-18/h4-5,11,14-15,18-19H,6-10,12-13H2,1-3H3/t18-,38+. The Morgan fingerprint density at radius 2 is 1.89 bits per heavy atom. The van der Waals surface area contributed by atoms with Gasteiger partial charge in [0.05, 0.1) is 23.8 Å². The van der Waals surface area contributed by atoms with Gasteiger partial charge >= 0.3 is 17.4 Å². The van der Waals surface area contributed by atoms with Crippen LogP contribution in [-0.2, 0) is 26.1 Å². The molecule has 13 heteroatoms. The molecule has 1 aromatic carbocycles. The number of hydrogen-bond acceptors (Lipinski definition) is 11. The zero-order valence-corrected chi connectivity index (χ0v) is 23.0. The summed E-state index contributed by atoms with van der Waals surface area (Å²) in [5.74, 6) is 2.38. The van der Waals surface area contributed by atoms with Crippen LogP contribution in [0.3, 0.4) is 0 Å². The highest BCUT2D eigenvalue weighted by atomic mass is 35.5. The number of rotatable bonds is 8. The van der Waals surface area contributed by atoms with Gasteiger partial charge < -0.3 is 18.9 Å². The van der Waals surface area contributed by atoms with Gasteiger partial charge in [-0.25, -0.2) is 9.97 Å². The molecule has 5 rings (SSSR count). The van der Waals surface area contributed by atoms with Crippen LogP contribution in [0, 0.1) is 12.8 Å². The molecule has 0 bridgehead atoms. The first-order chi connectivity index (χ1) is 18.4. The van der Waals surface area contributed by atoms with Crippen molar-refractivity contribution < 1.29 is 26.6 Å². The average Bonchev–Trinajstić information content (AvgIpc) is 3.41. The van der Waals surface area contributed by atoms with Crippen molar-refractivity contribution in [1.82, 2.24) is 20.1 Å². The van der Waals surface area contributed by atoms with E-state index in [-0.39, 0.29) is 17.9 Å². The summed E-state index contributed by atoms with van der Waals surface area (Å²) in [6, 6.07) is 6.14. The third kappa shape index (κ3) is 6.42. The molecule has 0 aliphatic carbocycles. The Hall–Kier alpha value is -2.80. The molecule has 0 radical (unpaired) electrons. The molecule has 2 fully saturated rings. The third-order valence-electron chi connectivity index (χ3n) is 6.46. The molecule has 0 unspecified atom stereocenters. The van der Waals surface area contributed by atoms with E-state index in [1.165, 1.54) is 6.33 Å². The molecule has 38 heavy (non-hydrogen) atoms. The lowest BCUT2D eigenvalue weighted by atomic mass is 10.0. The summed E-state index contributed by atoms with van der Waals surface area (Å²) in [5, 5.41) is 4.51. The summed E-state index contributed by atoms with van der Waals surface area (Å²) in [4.78, 5) is 15.2. The zero-order valence-electron chi connectivity index (χ0n) is 21.5. The van der Waals surface area contributed by atoms with Crippen molar-refractivity contribution >= 4 is 29.0 Å². The van der Waals surface area contributed by atoms with Crippen molar-refractivity contribution in [3.63, 3.8) is 0 Å². The molecule has 4 heterocycles. The number of benzene rings is 1. The Morgan fingerprint density at radius 3 is 2.58 bits per heavy atom. The highest BCUT2D eigenvalue weighted by Crippen LogP contribution is 2.34. The average molecular weight is 564 g/mol. The monoisotopic (exact) mass is 563 g/mol. The normalized spacial score (nSPS) is 20.6. The molecular weight excluding hydrogens is 534 g/mol. The van der Waals surface area contributed by atoms with E-state index in [0.717, 1.165) is 31.5 Å². The summed E-state index contributed by atoms with van der Waals surface area (Å²) >= 11 is 4.87. The van der Waals surface area contributed by atoms with Gasteiger partial charge in [-0.1, -0.05) is 36.7 Å². The molecule has 2 saturated heterocycles. The van der Waals surface area contributed by atoms with Gasteiger partial charge in [0.25, 0.3) is 0 Å². The van der Waals surface area contributed by atoms with Gasteiger partial charge in [-0.05, 0) is 31.0 Å². The van der Waals surface area contributed by atoms with E-state index in [0.29, 0.717) is 59.6 Å². The number of aromatic nitrogens is 4. The van der Waals surface area contributed by atoms with Gasteiger partial charge in [-0.2, -0.15) is 9.19 Å². The van der Waals surface area contributed by atoms with E-state index in [9.17, 15) is 4.21 Å². The summed E-state index contributed by atoms with van der Waals surface area (Å²) < 4.78 is 39.0. The van der Waals surface area contributed by atoms with Gasteiger partial charge in [-0.3, -0.25) is 8.37 Å². The van der Waals surface area contributed by atoms with Crippen molar-refractivity contribution in [3.8, 4) is 17.5 Å². The molecule has 0 amide bonds. The number of anilines is 1. The van der Waals surface area contributed by atoms with Crippen LogP contribution in [0.4, 0.5) is 6.01 Å². The molecular formula is C25H30ClN5O6S. The van der Waals surface area contributed by atoms with Crippen molar-refractivity contribution in [2.75, 3.05) is 31.2 Å². The lowest BCUT2D eigenvalue weighted by Gasteiger charge is -2.30. The van der Waals surface area contributed by atoms with Crippen molar-refractivity contribution in [3.05, 3.63) is 46.5 Å². The number of halogens is 1. The van der Waals surface area contributed by atoms with Crippen LogP contribution < -0.4 is 14.4 Å². The summed E-state index contributed by atoms with van der Waals surface area (Å²) in [6.45, 7) is 8.18. The summed E-state index contributed by atoms with van der Waals surface area (Å²) in [7, 11) is 0. The van der Waals surface area contributed by atoms with Gasteiger partial charge in [0.2, 0.25) is 11.8 Å². The second kappa shape index (κ2) is 11.9. The number of hydrogen-bond donors (Lipinski definition) is 0. The first kappa shape index (κ1) is 26.8. The van der Waals surface area contributed by atoms with Crippen molar-refractivity contribution in [2.45, 2.75) is 52.1 Å². The molecule has 2 aliphatic rings. The van der Waals surface area contributed by atoms with E-state index in [2.05, 4.69) is 25.0 Å². The lowest BCUT2D eigenvalue weighted by molar-refractivity contribution is 0.124. The van der Waals surface area contributed by atoms with Crippen LogP contribution in [0.5, 0.6) is 17.5 Å². The fourth-order valence-electron chi connectivity index (χ4n) is 4.25. The Balaban J connectivity index is 1.18. The van der Waals surface area contributed by atoms with E-state index >= 15 is 0 Å². The first-order valence-electron chi connectivity index (χ1n) is 12.6. The molecule has 0 N–H and O–H groups in total. The topological polar surface area (TPSA) is 122 Å². The number of ether oxygens (including phenoxy) is 2. The van der Waals surface area contributed by atoms with Crippen LogP contribution >= 0.6 is 11.6 Å². The SMILES string of the molecule is Cc1c(Oc2ccc(C[C@H]3CO[S@@](=O)OC3)cc2Cl)ncnc1OC1CCN(c2nc(C(C)C)no2)CC1.